The van der Waals surface area contributed by atoms with Crippen LogP contribution in [0, 0.1) is 5.92 Å². The number of ether oxygens (including phenoxy) is 2. The molecule has 0 radical (unpaired) electrons. The molecule has 5 nitrogen and oxygen atoms in total. The summed E-state index contributed by atoms with van der Waals surface area (Å²) in [7, 11) is 3.44. The zero-order valence-corrected chi connectivity index (χ0v) is 19.7. The molecule has 144 valence electrons. The second-order valence-corrected chi connectivity index (χ2v) is 6.70. The van der Waals surface area contributed by atoms with E-state index < -0.39 is 0 Å². The van der Waals surface area contributed by atoms with Gasteiger partial charge < -0.3 is 20.1 Å². The van der Waals surface area contributed by atoms with E-state index in [9.17, 15) is 0 Å². The van der Waals surface area contributed by atoms with Crippen LogP contribution < -0.4 is 15.4 Å². The Balaban J connectivity index is 0.00000576. The molecule has 0 bridgehead atoms. The minimum Gasteiger partial charge on any atom is -0.496 e. The molecule has 1 atom stereocenters. The van der Waals surface area contributed by atoms with Gasteiger partial charge in [-0.25, -0.2) is 0 Å². The van der Waals surface area contributed by atoms with E-state index in [4.69, 9.17) is 9.47 Å². The zero-order valence-electron chi connectivity index (χ0n) is 15.8. The quantitative estimate of drug-likeness (QED) is 0.287. The number of methoxy groups -OCH3 is 1. The fourth-order valence-corrected chi connectivity index (χ4v) is 2.97. The highest BCUT2D eigenvalue weighted by Crippen LogP contribution is 2.25. The van der Waals surface area contributed by atoms with Gasteiger partial charge in [-0.05, 0) is 52.9 Å². The van der Waals surface area contributed by atoms with Gasteiger partial charge in [0.25, 0.3) is 0 Å². The van der Waals surface area contributed by atoms with Crippen molar-refractivity contribution in [1.29, 1.82) is 0 Å². The maximum atomic E-state index is 5.77. The van der Waals surface area contributed by atoms with E-state index in [-0.39, 0.29) is 30.1 Å². The average Bonchev–Trinajstić information content (AvgIpc) is 2.56. The highest BCUT2D eigenvalue weighted by molar-refractivity contribution is 14.0. The fourth-order valence-electron chi connectivity index (χ4n) is 2.38. The first kappa shape index (κ1) is 24.5. The summed E-state index contributed by atoms with van der Waals surface area (Å²) in [6.45, 7) is 8.69. The standard InChI is InChI=1S/C18H30BrN3O2.HI/c1-6-24-16(13(2)3)9-10-21-18(20-4)22-12-14-7-8-17(23-5)15(19)11-14;/h7-8,11,13,16H,6,9-10,12H2,1-5H3,(H2,20,21,22);1H. The third-order valence-corrected chi connectivity index (χ3v) is 4.37. The highest BCUT2D eigenvalue weighted by Gasteiger charge is 2.13. The van der Waals surface area contributed by atoms with Crippen LogP contribution >= 0.6 is 39.9 Å². The first-order valence-electron chi connectivity index (χ1n) is 8.40. The molecule has 0 aromatic heterocycles. The zero-order chi connectivity index (χ0) is 17.9. The van der Waals surface area contributed by atoms with E-state index in [1.807, 2.05) is 25.1 Å². The van der Waals surface area contributed by atoms with Gasteiger partial charge in [-0.1, -0.05) is 19.9 Å². The van der Waals surface area contributed by atoms with Gasteiger partial charge in [-0.15, -0.1) is 24.0 Å². The number of benzene rings is 1. The maximum Gasteiger partial charge on any atom is 0.191 e. The van der Waals surface area contributed by atoms with Crippen molar-refractivity contribution in [1.82, 2.24) is 10.6 Å². The maximum absolute atomic E-state index is 5.77. The van der Waals surface area contributed by atoms with E-state index in [1.54, 1.807) is 14.2 Å². The Hall–Kier alpha value is -0.540. The Morgan fingerprint density at radius 3 is 2.52 bits per heavy atom. The molecule has 1 aromatic rings. The molecule has 1 aromatic carbocycles. The van der Waals surface area contributed by atoms with Crippen LogP contribution in [-0.2, 0) is 11.3 Å². The molecular formula is C18H31BrIN3O2. The first-order chi connectivity index (χ1) is 11.5. The lowest BCUT2D eigenvalue weighted by molar-refractivity contribution is 0.0258. The van der Waals surface area contributed by atoms with Gasteiger partial charge >= 0.3 is 0 Å². The molecule has 1 rings (SSSR count). The van der Waals surface area contributed by atoms with Crippen LogP contribution in [0.15, 0.2) is 27.7 Å². The minimum absolute atomic E-state index is 0. The van der Waals surface area contributed by atoms with Crippen molar-refractivity contribution in [3.05, 3.63) is 28.2 Å². The van der Waals surface area contributed by atoms with E-state index >= 15 is 0 Å². The van der Waals surface area contributed by atoms with Crippen LogP contribution in [-0.4, -0.2) is 39.4 Å². The van der Waals surface area contributed by atoms with Crippen molar-refractivity contribution in [3.8, 4) is 5.75 Å². The second-order valence-electron chi connectivity index (χ2n) is 5.85. The summed E-state index contributed by atoms with van der Waals surface area (Å²) >= 11 is 3.50. The molecule has 0 spiro atoms. The van der Waals surface area contributed by atoms with Gasteiger partial charge in [0.05, 0.1) is 17.7 Å². The Kier molecular flexibility index (Phi) is 13.3. The number of halogens is 2. The number of rotatable bonds is 9. The van der Waals surface area contributed by atoms with E-state index in [1.165, 1.54) is 0 Å². The number of hydrogen-bond donors (Lipinski definition) is 2. The molecular weight excluding hydrogens is 497 g/mol. The smallest absolute Gasteiger partial charge is 0.191 e. The lowest BCUT2D eigenvalue weighted by atomic mass is 10.0. The highest BCUT2D eigenvalue weighted by atomic mass is 127. The predicted molar refractivity (Wildman–Crippen MR) is 119 cm³/mol. The molecule has 0 aliphatic rings. The van der Waals surface area contributed by atoms with Crippen molar-refractivity contribution >= 4 is 45.9 Å². The van der Waals surface area contributed by atoms with Crippen molar-refractivity contribution in [3.63, 3.8) is 0 Å². The molecule has 0 aliphatic heterocycles. The molecule has 0 heterocycles. The molecule has 0 fully saturated rings. The van der Waals surface area contributed by atoms with Gasteiger partial charge in [-0.2, -0.15) is 0 Å². The Morgan fingerprint density at radius 2 is 2.00 bits per heavy atom. The molecule has 1 unspecified atom stereocenters. The molecule has 25 heavy (non-hydrogen) atoms. The van der Waals surface area contributed by atoms with Gasteiger partial charge in [0, 0.05) is 26.7 Å². The number of aliphatic imine (C=N–C) groups is 1. The van der Waals surface area contributed by atoms with Gasteiger partial charge in [0.2, 0.25) is 0 Å². The van der Waals surface area contributed by atoms with E-state index in [0.717, 1.165) is 41.3 Å². The van der Waals surface area contributed by atoms with Crippen molar-refractivity contribution in [2.75, 3.05) is 27.3 Å². The van der Waals surface area contributed by atoms with Crippen molar-refractivity contribution in [2.24, 2.45) is 10.9 Å². The minimum atomic E-state index is 0. The summed E-state index contributed by atoms with van der Waals surface area (Å²) in [4.78, 5) is 4.26. The summed E-state index contributed by atoms with van der Waals surface area (Å²) in [6, 6.07) is 6.03. The van der Waals surface area contributed by atoms with Crippen LogP contribution in [0.2, 0.25) is 0 Å². The van der Waals surface area contributed by atoms with E-state index in [0.29, 0.717) is 12.5 Å². The molecule has 0 aliphatic carbocycles. The Morgan fingerprint density at radius 1 is 1.28 bits per heavy atom. The van der Waals surface area contributed by atoms with Crippen LogP contribution in [0.25, 0.3) is 0 Å². The Bertz CT molecular complexity index is 527. The van der Waals surface area contributed by atoms with Crippen molar-refractivity contribution in [2.45, 2.75) is 39.8 Å². The van der Waals surface area contributed by atoms with E-state index in [2.05, 4.69) is 45.4 Å². The predicted octanol–water partition coefficient (Wildman–Crippen LogP) is 4.19. The largest absolute Gasteiger partial charge is 0.496 e. The summed E-state index contributed by atoms with van der Waals surface area (Å²) < 4.78 is 12.0. The molecule has 7 heteroatoms. The normalized spacial score (nSPS) is 12.5. The van der Waals surface area contributed by atoms with Gasteiger partial charge in [0.1, 0.15) is 5.75 Å². The lowest BCUT2D eigenvalue weighted by Crippen LogP contribution is -2.38. The SMILES string of the molecule is CCOC(CCNC(=NC)NCc1ccc(OC)c(Br)c1)C(C)C.I. The number of nitrogens with one attached hydrogen (secondary N) is 2. The van der Waals surface area contributed by atoms with Gasteiger partial charge in [-0.3, -0.25) is 4.99 Å². The average molecular weight is 528 g/mol. The summed E-state index contributed by atoms with van der Waals surface area (Å²) in [6.07, 6.45) is 1.23. The third-order valence-electron chi connectivity index (χ3n) is 3.75. The molecule has 2 N–H and O–H groups in total. The number of hydrogen-bond acceptors (Lipinski definition) is 3. The second kappa shape index (κ2) is 13.6. The summed E-state index contributed by atoms with van der Waals surface area (Å²) in [5.41, 5.74) is 1.15. The monoisotopic (exact) mass is 527 g/mol. The van der Waals surface area contributed by atoms with Crippen LogP contribution in [0.4, 0.5) is 0 Å². The fraction of sp³-hybridized carbons (Fsp3) is 0.611. The van der Waals surface area contributed by atoms with Crippen molar-refractivity contribution < 1.29 is 9.47 Å². The van der Waals surface area contributed by atoms with Crippen LogP contribution in [0.1, 0.15) is 32.8 Å². The lowest BCUT2D eigenvalue weighted by Gasteiger charge is -2.21. The molecule has 0 saturated carbocycles. The summed E-state index contributed by atoms with van der Waals surface area (Å²) in [5.74, 6) is 2.14. The Labute approximate surface area is 177 Å². The molecule has 0 amide bonds. The van der Waals surface area contributed by atoms with Gasteiger partial charge in [0.15, 0.2) is 5.96 Å². The number of guanidine groups is 1. The summed E-state index contributed by atoms with van der Waals surface area (Å²) in [5, 5.41) is 6.66. The van der Waals surface area contributed by atoms with Crippen LogP contribution in [0.3, 0.4) is 0 Å². The first-order valence-corrected chi connectivity index (χ1v) is 9.19. The topological polar surface area (TPSA) is 54.9 Å². The number of nitrogens with zero attached hydrogens (tertiary/aromatic N) is 1. The van der Waals surface area contributed by atoms with Crippen LogP contribution in [0.5, 0.6) is 5.75 Å². The third kappa shape index (κ3) is 9.10. The molecule has 0 saturated heterocycles.